The molecule has 0 unspecified atom stereocenters. The Hall–Kier alpha value is -1.41. The van der Waals surface area contributed by atoms with Gasteiger partial charge >= 0.3 is 0 Å². The maximum absolute atomic E-state index is 12.3. The number of sulfonamides is 1. The summed E-state index contributed by atoms with van der Waals surface area (Å²) >= 11 is 6.04. The van der Waals surface area contributed by atoms with Gasteiger partial charge in [0.1, 0.15) is 0 Å². The number of hydrogen-bond acceptors (Lipinski definition) is 4. The Kier molecular flexibility index (Phi) is 5.00. The fourth-order valence-corrected chi connectivity index (χ4v) is 3.10. The van der Waals surface area contributed by atoms with E-state index in [4.69, 9.17) is 11.6 Å². The summed E-state index contributed by atoms with van der Waals surface area (Å²) in [6.07, 6.45) is 1.60. The van der Waals surface area contributed by atoms with Crippen molar-refractivity contribution in [3.05, 3.63) is 46.2 Å². The van der Waals surface area contributed by atoms with Gasteiger partial charge < -0.3 is 5.32 Å². The van der Waals surface area contributed by atoms with Crippen molar-refractivity contribution in [3.63, 3.8) is 0 Å². The van der Waals surface area contributed by atoms with Crippen molar-refractivity contribution < 1.29 is 8.42 Å². The third-order valence-electron chi connectivity index (χ3n) is 3.08. The van der Waals surface area contributed by atoms with Gasteiger partial charge in [0.25, 0.3) is 0 Å². The molecular weight excluding hydrogens is 312 g/mol. The van der Waals surface area contributed by atoms with Crippen LogP contribution in [-0.2, 0) is 23.1 Å². The van der Waals surface area contributed by atoms with Crippen molar-refractivity contribution in [3.8, 4) is 0 Å². The summed E-state index contributed by atoms with van der Waals surface area (Å²) in [7, 11) is -1.81. The Morgan fingerprint density at radius 2 is 2.05 bits per heavy atom. The number of rotatable bonds is 6. The van der Waals surface area contributed by atoms with E-state index in [-0.39, 0.29) is 11.4 Å². The molecular formula is C13H17ClN4O2S. The minimum Gasteiger partial charge on any atom is -0.316 e. The van der Waals surface area contributed by atoms with Crippen LogP contribution >= 0.6 is 11.6 Å². The number of nitrogens with one attached hydrogen (secondary N) is 3. The lowest BCUT2D eigenvalue weighted by atomic mass is 10.2. The SMILES string of the molecule is CNCc1cc(S(=O)(=O)NCc2cn[nH]c2C)ccc1Cl. The van der Waals surface area contributed by atoms with E-state index in [2.05, 4.69) is 20.2 Å². The van der Waals surface area contributed by atoms with Gasteiger partial charge in [0.2, 0.25) is 10.0 Å². The van der Waals surface area contributed by atoms with Crippen molar-refractivity contribution >= 4 is 21.6 Å². The lowest BCUT2D eigenvalue weighted by Crippen LogP contribution is -2.23. The first kappa shape index (κ1) is 16.0. The number of nitrogens with zero attached hydrogens (tertiary/aromatic N) is 1. The quantitative estimate of drug-likeness (QED) is 0.751. The van der Waals surface area contributed by atoms with Crippen molar-refractivity contribution in [2.75, 3.05) is 7.05 Å². The molecule has 0 radical (unpaired) electrons. The number of aryl methyl sites for hydroxylation is 1. The van der Waals surface area contributed by atoms with E-state index in [1.807, 2.05) is 6.92 Å². The molecule has 21 heavy (non-hydrogen) atoms. The first-order valence-corrected chi connectivity index (χ1v) is 8.21. The van der Waals surface area contributed by atoms with E-state index in [1.165, 1.54) is 6.07 Å². The number of H-pyrrole nitrogens is 1. The zero-order valence-electron chi connectivity index (χ0n) is 11.8. The molecule has 0 saturated carbocycles. The molecule has 0 amide bonds. The summed E-state index contributed by atoms with van der Waals surface area (Å²) in [5.74, 6) is 0. The number of aromatic amines is 1. The molecule has 0 bridgehead atoms. The molecule has 1 aromatic heterocycles. The molecule has 2 aromatic rings. The Bertz CT molecular complexity index is 728. The van der Waals surface area contributed by atoms with Gasteiger partial charge in [-0.15, -0.1) is 0 Å². The molecule has 0 aliphatic carbocycles. The normalized spacial score (nSPS) is 11.8. The summed E-state index contributed by atoms with van der Waals surface area (Å²) in [5.41, 5.74) is 2.38. The number of halogens is 1. The minimum atomic E-state index is -3.59. The van der Waals surface area contributed by atoms with Gasteiger partial charge in [-0.2, -0.15) is 5.10 Å². The van der Waals surface area contributed by atoms with Gasteiger partial charge in [0, 0.05) is 29.4 Å². The first-order chi connectivity index (χ1) is 9.94. The second-order valence-corrected chi connectivity index (χ2v) is 6.80. The Balaban J connectivity index is 2.19. The summed E-state index contributed by atoms with van der Waals surface area (Å²) < 4.78 is 27.2. The highest BCUT2D eigenvalue weighted by atomic mass is 35.5. The molecule has 2 rings (SSSR count). The van der Waals surface area contributed by atoms with Gasteiger partial charge in [-0.3, -0.25) is 5.10 Å². The zero-order chi connectivity index (χ0) is 15.5. The van der Waals surface area contributed by atoms with Crippen molar-refractivity contribution in [2.45, 2.75) is 24.9 Å². The maximum Gasteiger partial charge on any atom is 0.240 e. The summed E-state index contributed by atoms with van der Waals surface area (Å²) in [5, 5.41) is 10.1. The van der Waals surface area contributed by atoms with E-state index in [1.54, 1.807) is 25.4 Å². The van der Waals surface area contributed by atoms with Crippen LogP contribution in [0, 0.1) is 6.92 Å². The van der Waals surface area contributed by atoms with Crippen LogP contribution in [0.4, 0.5) is 0 Å². The van der Waals surface area contributed by atoms with Crippen LogP contribution in [-0.4, -0.2) is 25.7 Å². The molecule has 0 aliphatic heterocycles. The van der Waals surface area contributed by atoms with Crippen LogP contribution in [0.15, 0.2) is 29.3 Å². The van der Waals surface area contributed by atoms with Gasteiger partial charge in [0.15, 0.2) is 0 Å². The summed E-state index contributed by atoms with van der Waals surface area (Å²) in [6, 6.07) is 4.65. The molecule has 114 valence electrons. The fourth-order valence-electron chi connectivity index (χ4n) is 1.85. The molecule has 0 saturated heterocycles. The highest BCUT2D eigenvalue weighted by molar-refractivity contribution is 7.89. The average Bonchev–Trinajstić information content (AvgIpc) is 2.85. The summed E-state index contributed by atoms with van der Waals surface area (Å²) in [6.45, 7) is 2.53. The predicted molar refractivity (Wildman–Crippen MR) is 81.6 cm³/mol. The highest BCUT2D eigenvalue weighted by Crippen LogP contribution is 2.20. The second-order valence-electron chi connectivity index (χ2n) is 4.63. The van der Waals surface area contributed by atoms with Crippen molar-refractivity contribution in [1.82, 2.24) is 20.2 Å². The highest BCUT2D eigenvalue weighted by Gasteiger charge is 2.16. The molecule has 3 N–H and O–H groups in total. The summed E-state index contributed by atoms with van der Waals surface area (Å²) in [4.78, 5) is 0.193. The molecule has 0 fully saturated rings. The van der Waals surface area contributed by atoms with Crippen molar-refractivity contribution in [1.29, 1.82) is 0 Å². The maximum atomic E-state index is 12.3. The zero-order valence-corrected chi connectivity index (χ0v) is 13.3. The molecule has 6 nitrogen and oxygen atoms in total. The number of benzene rings is 1. The third-order valence-corrected chi connectivity index (χ3v) is 4.85. The minimum absolute atomic E-state index is 0.189. The van der Waals surface area contributed by atoms with Gasteiger partial charge in [-0.05, 0) is 37.7 Å². The Morgan fingerprint density at radius 1 is 1.29 bits per heavy atom. The van der Waals surface area contributed by atoms with Crippen LogP contribution in [0.3, 0.4) is 0 Å². The smallest absolute Gasteiger partial charge is 0.240 e. The van der Waals surface area contributed by atoms with E-state index in [9.17, 15) is 8.42 Å². The average molecular weight is 329 g/mol. The lowest BCUT2D eigenvalue weighted by molar-refractivity contribution is 0.581. The molecule has 0 aliphatic rings. The van der Waals surface area contributed by atoms with Gasteiger partial charge in [-0.1, -0.05) is 11.6 Å². The Morgan fingerprint density at radius 3 is 2.67 bits per heavy atom. The van der Waals surface area contributed by atoms with E-state index < -0.39 is 10.0 Å². The van der Waals surface area contributed by atoms with Crippen LogP contribution < -0.4 is 10.0 Å². The van der Waals surface area contributed by atoms with E-state index >= 15 is 0 Å². The number of hydrogen-bond donors (Lipinski definition) is 3. The third kappa shape index (κ3) is 3.82. The molecule has 1 aromatic carbocycles. The second kappa shape index (κ2) is 6.57. The van der Waals surface area contributed by atoms with Crippen LogP contribution in [0.1, 0.15) is 16.8 Å². The number of aromatic nitrogens is 2. The molecule has 1 heterocycles. The topological polar surface area (TPSA) is 86.9 Å². The predicted octanol–water partition coefficient (Wildman–Crippen LogP) is 1.57. The molecule has 0 atom stereocenters. The first-order valence-electron chi connectivity index (χ1n) is 6.35. The molecule has 0 spiro atoms. The fraction of sp³-hybridized carbons (Fsp3) is 0.308. The van der Waals surface area contributed by atoms with Crippen LogP contribution in [0.25, 0.3) is 0 Å². The van der Waals surface area contributed by atoms with E-state index in [0.717, 1.165) is 16.8 Å². The Labute approximate surface area is 129 Å². The van der Waals surface area contributed by atoms with Crippen LogP contribution in [0.5, 0.6) is 0 Å². The monoisotopic (exact) mass is 328 g/mol. The van der Waals surface area contributed by atoms with Crippen molar-refractivity contribution in [2.24, 2.45) is 0 Å². The standard InChI is InChI=1S/C13H17ClN4O2S/c1-9-11(7-16-18-9)8-17-21(19,20)12-3-4-13(14)10(5-12)6-15-2/h3-5,7,15,17H,6,8H2,1-2H3,(H,16,18). The molecule has 8 heteroatoms. The van der Waals surface area contributed by atoms with E-state index in [0.29, 0.717) is 11.6 Å². The largest absolute Gasteiger partial charge is 0.316 e. The van der Waals surface area contributed by atoms with Crippen LogP contribution in [0.2, 0.25) is 5.02 Å². The van der Waals surface area contributed by atoms with Gasteiger partial charge in [-0.25, -0.2) is 13.1 Å². The van der Waals surface area contributed by atoms with Gasteiger partial charge in [0.05, 0.1) is 11.1 Å². The lowest BCUT2D eigenvalue weighted by Gasteiger charge is -2.09.